The first-order chi connectivity index (χ1) is 11.8. The maximum atomic E-state index is 12.9. The molecule has 0 saturated carbocycles. The molecule has 2 heterocycles. The number of nitrogens with zero attached hydrogens (tertiary/aromatic N) is 2. The van der Waals surface area contributed by atoms with E-state index in [-0.39, 0.29) is 18.1 Å². The van der Waals surface area contributed by atoms with E-state index in [2.05, 4.69) is 4.98 Å². The molecule has 8 heteroatoms. The van der Waals surface area contributed by atoms with Gasteiger partial charge in [0.05, 0.1) is 5.56 Å². The van der Waals surface area contributed by atoms with Crippen molar-refractivity contribution >= 4 is 17.4 Å². The van der Waals surface area contributed by atoms with E-state index < -0.39 is 17.2 Å². The Balaban J connectivity index is 2.57. The van der Waals surface area contributed by atoms with Crippen molar-refractivity contribution in [2.24, 2.45) is 0 Å². The van der Waals surface area contributed by atoms with Gasteiger partial charge in [-0.3, -0.25) is 19.1 Å². The summed E-state index contributed by atoms with van der Waals surface area (Å²) in [5, 5.41) is 0. The maximum Gasteiger partial charge on any atom is 0.330 e. The topological polar surface area (TPSA) is 114 Å². The third-order valence-corrected chi connectivity index (χ3v) is 4.05. The molecular formula is C17H24N4O4. The number of anilines is 2. The molecule has 0 radical (unpaired) electrons. The minimum atomic E-state index is -0.677. The smallest absolute Gasteiger partial charge is 0.330 e. The van der Waals surface area contributed by atoms with Gasteiger partial charge in [-0.2, -0.15) is 0 Å². The number of aromatic amines is 1. The molecule has 0 bridgehead atoms. The van der Waals surface area contributed by atoms with Gasteiger partial charge in [-0.05, 0) is 33.3 Å². The monoisotopic (exact) mass is 348 g/mol. The van der Waals surface area contributed by atoms with E-state index in [1.54, 1.807) is 26.8 Å². The molecule has 2 aromatic rings. The zero-order valence-electron chi connectivity index (χ0n) is 15.0. The second-order valence-electron chi connectivity index (χ2n) is 5.87. The van der Waals surface area contributed by atoms with Gasteiger partial charge in [0.2, 0.25) is 0 Å². The maximum absolute atomic E-state index is 12.9. The van der Waals surface area contributed by atoms with Crippen molar-refractivity contribution in [3.05, 3.63) is 44.0 Å². The molecule has 0 aliphatic carbocycles. The van der Waals surface area contributed by atoms with E-state index in [1.807, 2.05) is 6.92 Å². The highest BCUT2D eigenvalue weighted by Gasteiger charge is 2.26. The van der Waals surface area contributed by atoms with Crippen LogP contribution in [-0.2, 0) is 6.54 Å². The average Bonchev–Trinajstić information content (AvgIpc) is 2.89. The van der Waals surface area contributed by atoms with Crippen LogP contribution in [0.5, 0.6) is 0 Å². The Morgan fingerprint density at radius 1 is 1.32 bits per heavy atom. The quantitative estimate of drug-likeness (QED) is 0.826. The molecule has 0 unspecified atom stereocenters. The number of amides is 1. The van der Waals surface area contributed by atoms with Crippen molar-refractivity contribution in [1.29, 1.82) is 0 Å². The summed E-state index contributed by atoms with van der Waals surface area (Å²) in [5.41, 5.74) is 5.19. The third-order valence-electron chi connectivity index (χ3n) is 4.05. The Morgan fingerprint density at radius 2 is 2.00 bits per heavy atom. The standard InChI is InChI=1S/C17H24N4O4/c1-5-7-8-21-14(18)13(15(22)19-17(21)24)20(6-2)16(23)12-9-10(3)25-11(12)4/h9H,5-8,18H2,1-4H3,(H,19,22,24). The van der Waals surface area contributed by atoms with Crippen LogP contribution in [0.1, 0.15) is 48.6 Å². The van der Waals surface area contributed by atoms with Gasteiger partial charge in [0.25, 0.3) is 11.5 Å². The fourth-order valence-corrected chi connectivity index (χ4v) is 2.77. The number of hydrogen-bond acceptors (Lipinski definition) is 5. The second kappa shape index (κ2) is 7.42. The number of H-pyrrole nitrogens is 1. The number of rotatable bonds is 6. The number of nitrogen functional groups attached to an aromatic ring is 1. The largest absolute Gasteiger partial charge is 0.466 e. The lowest BCUT2D eigenvalue weighted by Crippen LogP contribution is -2.41. The lowest BCUT2D eigenvalue weighted by molar-refractivity contribution is 0.0986. The van der Waals surface area contributed by atoms with Crippen LogP contribution in [-0.4, -0.2) is 22.0 Å². The SMILES string of the molecule is CCCCn1c(N)c(N(CC)C(=O)c2cc(C)oc2C)c(=O)[nH]c1=O. The van der Waals surface area contributed by atoms with Crippen LogP contribution in [0.25, 0.3) is 0 Å². The third kappa shape index (κ3) is 3.52. The summed E-state index contributed by atoms with van der Waals surface area (Å²) in [6.07, 6.45) is 1.60. The van der Waals surface area contributed by atoms with E-state index >= 15 is 0 Å². The second-order valence-corrected chi connectivity index (χ2v) is 5.87. The zero-order valence-corrected chi connectivity index (χ0v) is 15.0. The van der Waals surface area contributed by atoms with E-state index in [0.29, 0.717) is 23.6 Å². The van der Waals surface area contributed by atoms with Crippen LogP contribution in [0.2, 0.25) is 0 Å². The van der Waals surface area contributed by atoms with Crippen molar-refractivity contribution in [2.75, 3.05) is 17.2 Å². The van der Waals surface area contributed by atoms with Crippen molar-refractivity contribution in [2.45, 2.75) is 47.1 Å². The zero-order chi connectivity index (χ0) is 18.7. The summed E-state index contributed by atoms with van der Waals surface area (Å²) in [6, 6.07) is 1.62. The van der Waals surface area contributed by atoms with Gasteiger partial charge in [-0.1, -0.05) is 13.3 Å². The highest BCUT2D eigenvalue weighted by Crippen LogP contribution is 2.22. The molecule has 2 aromatic heterocycles. The minimum absolute atomic E-state index is 0.00438. The number of unbranched alkanes of at least 4 members (excludes halogenated alkanes) is 1. The number of aryl methyl sites for hydroxylation is 2. The lowest BCUT2D eigenvalue weighted by atomic mass is 10.2. The molecule has 0 aliphatic rings. The summed E-state index contributed by atoms with van der Waals surface area (Å²) >= 11 is 0. The summed E-state index contributed by atoms with van der Waals surface area (Å²) in [7, 11) is 0. The Labute approximate surface area is 145 Å². The Bertz CT molecular complexity index is 891. The first kappa shape index (κ1) is 18.6. The van der Waals surface area contributed by atoms with Gasteiger partial charge in [0.15, 0.2) is 5.69 Å². The van der Waals surface area contributed by atoms with E-state index in [4.69, 9.17) is 10.2 Å². The molecule has 0 atom stereocenters. The summed E-state index contributed by atoms with van der Waals surface area (Å²) in [6.45, 7) is 7.75. The van der Waals surface area contributed by atoms with Crippen LogP contribution >= 0.6 is 0 Å². The van der Waals surface area contributed by atoms with Crippen molar-refractivity contribution in [1.82, 2.24) is 9.55 Å². The van der Waals surface area contributed by atoms with Crippen LogP contribution in [0.3, 0.4) is 0 Å². The number of hydrogen-bond donors (Lipinski definition) is 2. The molecule has 0 fully saturated rings. The predicted molar refractivity (Wildman–Crippen MR) is 96.2 cm³/mol. The average molecular weight is 348 g/mol. The van der Waals surface area contributed by atoms with E-state index in [1.165, 1.54) is 9.47 Å². The Hall–Kier alpha value is -2.77. The van der Waals surface area contributed by atoms with Gasteiger partial charge in [-0.15, -0.1) is 0 Å². The van der Waals surface area contributed by atoms with E-state index in [0.717, 1.165) is 12.8 Å². The van der Waals surface area contributed by atoms with Crippen LogP contribution in [0.4, 0.5) is 11.5 Å². The van der Waals surface area contributed by atoms with Crippen LogP contribution in [0.15, 0.2) is 20.1 Å². The molecule has 25 heavy (non-hydrogen) atoms. The normalized spacial score (nSPS) is 10.9. The van der Waals surface area contributed by atoms with Crippen molar-refractivity contribution in [3.8, 4) is 0 Å². The highest BCUT2D eigenvalue weighted by atomic mass is 16.3. The molecule has 0 aromatic carbocycles. The molecule has 1 amide bonds. The number of carbonyl (C=O) groups excluding carboxylic acids is 1. The van der Waals surface area contributed by atoms with Crippen LogP contribution in [0, 0.1) is 13.8 Å². The van der Waals surface area contributed by atoms with Gasteiger partial charge in [0.1, 0.15) is 17.3 Å². The molecule has 136 valence electrons. The number of nitrogens with two attached hydrogens (primary N) is 1. The molecule has 2 rings (SSSR count). The van der Waals surface area contributed by atoms with Gasteiger partial charge in [0, 0.05) is 13.1 Å². The fraction of sp³-hybridized carbons (Fsp3) is 0.471. The Morgan fingerprint density at radius 3 is 2.52 bits per heavy atom. The predicted octanol–water partition coefficient (Wildman–Crippen LogP) is 1.80. The van der Waals surface area contributed by atoms with Crippen LogP contribution < -0.4 is 21.9 Å². The number of carbonyl (C=O) groups is 1. The first-order valence-electron chi connectivity index (χ1n) is 8.33. The summed E-state index contributed by atoms with van der Waals surface area (Å²) in [4.78, 5) is 40.8. The summed E-state index contributed by atoms with van der Waals surface area (Å²) < 4.78 is 6.70. The molecular weight excluding hydrogens is 324 g/mol. The molecule has 3 N–H and O–H groups in total. The highest BCUT2D eigenvalue weighted by molar-refractivity contribution is 6.07. The van der Waals surface area contributed by atoms with Gasteiger partial charge >= 0.3 is 5.69 Å². The van der Waals surface area contributed by atoms with Crippen molar-refractivity contribution in [3.63, 3.8) is 0 Å². The van der Waals surface area contributed by atoms with Crippen molar-refractivity contribution < 1.29 is 9.21 Å². The van der Waals surface area contributed by atoms with Gasteiger partial charge in [-0.25, -0.2) is 4.79 Å². The molecule has 0 aliphatic heterocycles. The number of aromatic nitrogens is 2. The first-order valence-corrected chi connectivity index (χ1v) is 8.33. The number of nitrogens with one attached hydrogen (secondary N) is 1. The Kier molecular flexibility index (Phi) is 5.51. The molecule has 0 saturated heterocycles. The molecule has 0 spiro atoms. The fourth-order valence-electron chi connectivity index (χ4n) is 2.77. The number of furan rings is 1. The minimum Gasteiger partial charge on any atom is -0.466 e. The van der Waals surface area contributed by atoms with Gasteiger partial charge < -0.3 is 15.1 Å². The lowest BCUT2D eigenvalue weighted by Gasteiger charge is -2.22. The van der Waals surface area contributed by atoms with E-state index in [9.17, 15) is 14.4 Å². The molecule has 8 nitrogen and oxygen atoms in total. The summed E-state index contributed by atoms with van der Waals surface area (Å²) in [5.74, 6) is 0.673.